The first-order valence-electron chi connectivity index (χ1n) is 10.9. The van der Waals surface area contributed by atoms with Crippen molar-refractivity contribution >= 4 is 32.5 Å². The van der Waals surface area contributed by atoms with E-state index in [0.29, 0.717) is 28.4 Å². The molecular formula is C24H29BrN4O. The number of fused-ring (bicyclic) bond motifs is 3. The highest BCUT2D eigenvalue weighted by Crippen LogP contribution is 2.61. The van der Waals surface area contributed by atoms with Crippen LogP contribution in [0.3, 0.4) is 0 Å². The van der Waals surface area contributed by atoms with Gasteiger partial charge in [-0.25, -0.2) is 4.68 Å². The molecule has 3 aliphatic rings. The Kier molecular flexibility index (Phi) is 4.80. The number of hydrogen-bond donors (Lipinski definition) is 2. The zero-order valence-electron chi connectivity index (χ0n) is 17.8. The van der Waals surface area contributed by atoms with E-state index < -0.39 is 0 Å². The van der Waals surface area contributed by atoms with Gasteiger partial charge < -0.3 is 10.3 Å². The Morgan fingerprint density at radius 1 is 1.30 bits per heavy atom. The van der Waals surface area contributed by atoms with Crippen LogP contribution in [0, 0.1) is 23.2 Å². The number of nitrogens with one attached hydrogen (secondary N) is 2. The first-order valence-corrected chi connectivity index (χ1v) is 11.7. The van der Waals surface area contributed by atoms with Crippen LogP contribution >= 0.6 is 15.9 Å². The van der Waals surface area contributed by atoms with E-state index in [1.165, 1.54) is 23.8 Å². The maximum absolute atomic E-state index is 12.9. The number of hydrogen-bond acceptors (Lipinski definition) is 3. The van der Waals surface area contributed by atoms with Crippen molar-refractivity contribution in [3.05, 3.63) is 57.0 Å². The smallest absolute Gasteiger partial charge is 0.283 e. The topological polar surface area (TPSA) is 62.7 Å². The number of aromatic amines is 1. The number of H-pyrrole nitrogens is 1. The van der Waals surface area contributed by atoms with Crippen LogP contribution in [0.1, 0.15) is 39.2 Å². The van der Waals surface area contributed by atoms with Gasteiger partial charge in [0.05, 0.1) is 11.9 Å². The quantitative estimate of drug-likeness (QED) is 0.539. The van der Waals surface area contributed by atoms with Gasteiger partial charge in [0, 0.05) is 29.7 Å². The lowest BCUT2D eigenvalue weighted by molar-refractivity contribution is -0.105. The van der Waals surface area contributed by atoms with Crippen LogP contribution in [0.5, 0.6) is 0 Å². The standard InChI is InChI=1S/C24H29BrN4O/c1-14-18-10-16(24(18,2)3)11-20(14)28-21-13-27-29(23(30)22(21)25)9-8-15-12-26-19-7-5-4-6-17(15)19/h4-7,12-14,16,18,20,26,28H,8-11H2,1-3H3/t14-,16-,18+,20-/m1/s1. The van der Waals surface area contributed by atoms with Crippen molar-refractivity contribution in [1.82, 2.24) is 14.8 Å². The van der Waals surface area contributed by atoms with E-state index in [-0.39, 0.29) is 5.56 Å². The van der Waals surface area contributed by atoms with Crippen LogP contribution in [0.15, 0.2) is 45.9 Å². The molecule has 3 saturated carbocycles. The Hall–Kier alpha value is -2.08. The molecule has 0 unspecified atom stereocenters. The number of benzene rings is 1. The van der Waals surface area contributed by atoms with Crippen molar-refractivity contribution in [3.8, 4) is 0 Å². The van der Waals surface area contributed by atoms with Gasteiger partial charge in [0.2, 0.25) is 0 Å². The first kappa shape index (κ1) is 19.9. The van der Waals surface area contributed by atoms with E-state index in [1.54, 1.807) is 10.9 Å². The minimum Gasteiger partial charge on any atom is -0.380 e. The maximum Gasteiger partial charge on any atom is 0.283 e. The zero-order chi connectivity index (χ0) is 21.0. The molecule has 0 spiro atoms. The summed E-state index contributed by atoms with van der Waals surface area (Å²) in [4.78, 5) is 16.2. The fourth-order valence-corrected chi connectivity index (χ4v) is 6.25. The van der Waals surface area contributed by atoms with E-state index >= 15 is 0 Å². The average Bonchev–Trinajstić information content (AvgIpc) is 3.15. The lowest BCUT2D eigenvalue weighted by atomic mass is 9.45. The summed E-state index contributed by atoms with van der Waals surface area (Å²) >= 11 is 3.54. The average molecular weight is 469 g/mol. The van der Waals surface area contributed by atoms with E-state index in [2.05, 4.69) is 64.2 Å². The van der Waals surface area contributed by atoms with Gasteiger partial charge in [0.25, 0.3) is 5.56 Å². The summed E-state index contributed by atoms with van der Waals surface area (Å²) in [5, 5.41) is 9.31. The minimum absolute atomic E-state index is 0.0752. The summed E-state index contributed by atoms with van der Waals surface area (Å²) < 4.78 is 2.14. The number of rotatable bonds is 5. The van der Waals surface area contributed by atoms with Crippen LogP contribution in [0.4, 0.5) is 5.69 Å². The molecule has 5 nitrogen and oxygen atoms in total. The number of halogens is 1. The van der Waals surface area contributed by atoms with Crippen LogP contribution in [-0.2, 0) is 13.0 Å². The molecule has 0 aliphatic heterocycles. The summed E-state index contributed by atoms with van der Waals surface area (Å²) in [6.07, 6.45) is 7.10. The van der Waals surface area contributed by atoms with Crippen molar-refractivity contribution in [2.75, 3.05) is 5.32 Å². The molecule has 3 aliphatic carbocycles. The molecule has 2 aromatic heterocycles. The van der Waals surface area contributed by atoms with Gasteiger partial charge in [0.15, 0.2) is 0 Å². The largest absolute Gasteiger partial charge is 0.380 e. The minimum atomic E-state index is -0.0752. The van der Waals surface area contributed by atoms with Gasteiger partial charge in [-0.05, 0) is 70.0 Å². The Morgan fingerprint density at radius 3 is 2.87 bits per heavy atom. The van der Waals surface area contributed by atoms with Gasteiger partial charge in [-0.3, -0.25) is 4.79 Å². The Bertz CT molecular complexity index is 1150. The fourth-order valence-electron chi connectivity index (χ4n) is 5.83. The molecule has 30 heavy (non-hydrogen) atoms. The van der Waals surface area contributed by atoms with E-state index in [4.69, 9.17) is 0 Å². The van der Waals surface area contributed by atoms with E-state index in [0.717, 1.165) is 29.5 Å². The lowest BCUT2D eigenvalue weighted by Gasteiger charge is -2.62. The second-order valence-corrected chi connectivity index (χ2v) is 10.5. The van der Waals surface area contributed by atoms with Gasteiger partial charge in [-0.15, -0.1) is 0 Å². The third kappa shape index (κ3) is 3.11. The van der Waals surface area contributed by atoms with Crippen LogP contribution < -0.4 is 10.9 Å². The molecular weight excluding hydrogens is 440 g/mol. The molecule has 2 heterocycles. The Balaban J connectivity index is 1.30. The van der Waals surface area contributed by atoms with Crippen molar-refractivity contribution in [1.29, 1.82) is 0 Å². The highest BCUT2D eigenvalue weighted by Gasteiger charge is 2.56. The molecule has 0 radical (unpaired) electrons. The molecule has 6 rings (SSSR count). The molecule has 2 N–H and O–H groups in total. The van der Waals surface area contributed by atoms with Gasteiger partial charge in [-0.2, -0.15) is 5.10 Å². The van der Waals surface area contributed by atoms with Gasteiger partial charge in [0.1, 0.15) is 4.47 Å². The summed E-state index contributed by atoms with van der Waals surface area (Å²) in [5.74, 6) is 2.14. The van der Waals surface area contributed by atoms with Crippen molar-refractivity contribution in [2.24, 2.45) is 23.2 Å². The van der Waals surface area contributed by atoms with Crippen LogP contribution in [0.25, 0.3) is 10.9 Å². The lowest BCUT2D eigenvalue weighted by Crippen LogP contribution is -2.58. The predicted molar refractivity (Wildman–Crippen MR) is 125 cm³/mol. The number of para-hydroxylation sites is 1. The molecule has 0 saturated heterocycles. The van der Waals surface area contributed by atoms with Gasteiger partial charge >= 0.3 is 0 Å². The third-order valence-corrected chi connectivity index (χ3v) is 8.71. The summed E-state index contributed by atoms with van der Waals surface area (Å²) in [7, 11) is 0. The zero-order valence-corrected chi connectivity index (χ0v) is 19.4. The highest BCUT2D eigenvalue weighted by molar-refractivity contribution is 9.10. The van der Waals surface area contributed by atoms with Crippen LogP contribution in [0.2, 0.25) is 0 Å². The summed E-state index contributed by atoms with van der Waals surface area (Å²) in [6, 6.07) is 8.64. The SMILES string of the molecule is C[C@H]1[C@H](Nc2cnn(CCc3c[nH]c4ccccc34)c(=O)c2Br)C[C@H]2C[C@@H]1C2(C)C. The number of anilines is 1. The maximum atomic E-state index is 12.9. The van der Waals surface area contributed by atoms with Crippen molar-refractivity contribution < 1.29 is 0 Å². The summed E-state index contributed by atoms with van der Waals surface area (Å²) in [5.41, 5.74) is 3.53. The molecule has 6 heteroatoms. The third-order valence-electron chi connectivity index (χ3n) is 7.95. The molecule has 2 bridgehead atoms. The first-order chi connectivity index (χ1) is 14.4. The fraction of sp³-hybridized carbons (Fsp3) is 0.500. The van der Waals surface area contributed by atoms with Crippen molar-refractivity contribution in [3.63, 3.8) is 0 Å². The monoisotopic (exact) mass is 468 g/mol. The molecule has 3 fully saturated rings. The van der Waals surface area contributed by atoms with E-state index in [1.807, 2.05) is 18.3 Å². The normalized spacial score (nSPS) is 27.1. The number of aromatic nitrogens is 3. The number of aryl methyl sites for hydroxylation is 2. The van der Waals surface area contributed by atoms with Crippen LogP contribution in [-0.4, -0.2) is 20.8 Å². The molecule has 1 aromatic carbocycles. The molecule has 0 amide bonds. The predicted octanol–water partition coefficient (Wildman–Crippen LogP) is 5.21. The second kappa shape index (κ2) is 7.26. The highest BCUT2D eigenvalue weighted by atomic mass is 79.9. The summed E-state index contributed by atoms with van der Waals surface area (Å²) in [6.45, 7) is 7.72. The molecule has 158 valence electrons. The number of nitrogens with zero attached hydrogens (tertiary/aromatic N) is 2. The Morgan fingerprint density at radius 2 is 2.10 bits per heavy atom. The Labute approximate surface area is 185 Å². The van der Waals surface area contributed by atoms with Crippen molar-refractivity contribution in [2.45, 2.75) is 52.6 Å². The van der Waals surface area contributed by atoms with E-state index in [9.17, 15) is 4.79 Å². The molecule has 4 atom stereocenters. The molecule has 3 aromatic rings. The second-order valence-electron chi connectivity index (χ2n) is 9.72. The van der Waals surface area contributed by atoms with Gasteiger partial charge in [-0.1, -0.05) is 39.0 Å².